The van der Waals surface area contributed by atoms with Gasteiger partial charge in [0.1, 0.15) is 17.0 Å². The number of aromatic nitrogens is 1. The lowest BCUT2D eigenvalue weighted by molar-refractivity contribution is 0.0602. The van der Waals surface area contributed by atoms with Crippen LogP contribution in [0.25, 0.3) is 11.3 Å². The summed E-state index contributed by atoms with van der Waals surface area (Å²) >= 11 is 12.9. The Morgan fingerprint density at radius 2 is 1.93 bits per heavy atom. The molecule has 3 aromatic rings. The molecule has 3 rings (SSSR count). The maximum absolute atomic E-state index is 13.1. The molecule has 0 fully saturated rings. The van der Waals surface area contributed by atoms with Crippen molar-refractivity contribution in [2.45, 2.75) is 6.92 Å². The number of nitrogens with one attached hydrogen (secondary N) is 1. The van der Waals surface area contributed by atoms with Crippen molar-refractivity contribution in [3.8, 4) is 11.3 Å². The fourth-order valence-corrected chi connectivity index (χ4v) is 4.17. The molecule has 144 valence electrons. The molecule has 0 bridgehead atoms. The number of esters is 1. The predicted molar refractivity (Wildman–Crippen MR) is 113 cm³/mol. The van der Waals surface area contributed by atoms with E-state index in [1.165, 1.54) is 7.11 Å². The number of benzene rings is 2. The van der Waals surface area contributed by atoms with Crippen LogP contribution in [0.5, 0.6) is 0 Å². The fourth-order valence-electron chi connectivity index (χ4n) is 2.62. The lowest BCUT2D eigenvalue weighted by Crippen LogP contribution is -2.17. The van der Waals surface area contributed by atoms with E-state index in [1.54, 1.807) is 43.3 Å². The van der Waals surface area contributed by atoms with Crippen LogP contribution in [0.15, 0.2) is 49.9 Å². The Hall–Kier alpha value is -2.16. The minimum Gasteiger partial charge on any atom is -0.465 e. The van der Waals surface area contributed by atoms with Crippen LogP contribution < -0.4 is 5.32 Å². The number of ether oxygens (including phenoxy) is 1. The van der Waals surface area contributed by atoms with E-state index in [0.717, 1.165) is 0 Å². The summed E-state index contributed by atoms with van der Waals surface area (Å²) in [7, 11) is 1.27. The molecule has 1 aromatic heterocycles. The molecular formula is C19H13Br2ClN2O4. The minimum absolute atomic E-state index is 0.186. The first-order valence-electron chi connectivity index (χ1n) is 7.93. The van der Waals surface area contributed by atoms with Crippen molar-refractivity contribution in [1.82, 2.24) is 5.16 Å². The molecule has 0 saturated carbocycles. The zero-order valence-electron chi connectivity index (χ0n) is 14.7. The Bertz CT molecular complexity index is 1080. The van der Waals surface area contributed by atoms with Gasteiger partial charge in [-0.1, -0.05) is 50.9 Å². The van der Waals surface area contributed by atoms with E-state index in [2.05, 4.69) is 42.3 Å². The molecule has 1 amide bonds. The Labute approximate surface area is 182 Å². The third-order valence-electron chi connectivity index (χ3n) is 3.92. The van der Waals surface area contributed by atoms with Gasteiger partial charge < -0.3 is 14.6 Å². The van der Waals surface area contributed by atoms with Crippen LogP contribution in [0.1, 0.15) is 26.5 Å². The molecule has 0 unspecified atom stereocenters. The normalized spacial score (nSPS) is 10.6. The van der Waals surface area contributed by atoms with E-state index in [1.807, 2.05) is 0 Å². The number of halogens is 3. The second-order valence-corrected chi connectivity index (χ2v) is 7.88. The van der Waals surface area contributed by atoms with Gasteiger partial charge in [0.25, 0.3) is 5.91 Å². The monoisotopic (exact) mass is 526 g/mol. The molecule has 9 heteroatoms. The summed E-state index contributed by atoms with van der Waals surface area (Å²) in [6.45, 7) is 1.63. The first kappa shape index (κ1) is 20.6. The number of rotatable bonds is 4. The number of methoxy groups -OCH3 is 1. The highest BCUT2D eigenvalue weighted by atomic mass is 79.9. The van der Waals surface area contributed by atoms with Crippen LogP contribution in [-0.4, -0.2) is 24.1 Å². The first-order chi connectivity index (χ1) is 13.3. The summed E-state index contributed by atoms with van der Waals surface area (Å²) in [5.74, 6) is -0.771. The molecular weight excluding hydrogens is 515 g/mol. The second kappa shape index (κ2) is 8.46. The van der Waals surface area contributed by atoms with Crippen molar-refractivity contribution in [2.75, 3.05) is 12.4 Å². The van der Waals surface area contributed by atoms with E-state index in [9.17, 15) is 9.59 Å². The van der Waals surface area contributed by atoms with Crippen molar-refractivity contribution in [3.05, 3.63) is 67.3 Å². The molecule has 1 N–H and O–H groups in total. The predicted octanol–water partition coefficient (Wildman–Crippen LogP) is 5.87. The highest BCUT2D eigenvalue weighted by Crippen LogP contribution is 2.34. The summed E-state index contributed by atoms with van der Waals surface area (Å²) in [6.07, 6.45) is 0. The molecule has 6 nitrogen and oxygen atoms in total. The maximum atomic E-state index is 13.1. The molecule has 0 aliphatic carbocycles. The van der Waals surface area contributed by atoms with E-state index in [4.69, 9.17) is 20.9 Å². The van der Waals surface area contributed by atoms with E-state index in [0.29, 0.717) is 31.0 Å². The number of aryl methyl sites for hydroxylation is 1. The summed E-state index contributed by atoms with van der Waals surface area (Å²) < 4.78 is 11.2. The van der Waals surface area contributed by atoms with Gasteiger partial charge in [0.05, 0.1) is 23.4 Å². The second-order valence-electron chi connectivity index (χ2n) is 5.70. The lowest BCUT2D eigenvalue weighted by Gasteiger charge is -2.13. The van der Waals surface area contributed by atoms with Crippen LogP contribution in [0.3, 0.4) is 0 Å². The molecule has 28 heavy (non-hydrogen) atoms. The highest BCUT2D eigenvalue weighted by molar-refractivity contribution is 9.11. The lowest BCUT2D eigenvalue weighted by atomic mass is 10.1. The molecule has 0 saturated heterocycles. The molecule has 0 radical (unpaired) electrons. The third kappa shape index (κ3) is 3.99. The third-order valence-corrected chi connectivity index (χ3v) is 5.33. The van der Waals surface area contributed by atoms with Crippen molar-refractivity contribution in [1.29, 1.82) is 0 Å². The molecule has 1 heterocycles. The van der Waals surface area contributed by atoms with E-state index in [-0.39, 0.29) is 16.8 Å². The smallest absolute Gasteiger partial charge is 0.340 e. The zero-order valence-corrected chi connectivity index (χ0v) is 18.6. The first-order valence-corrected chi connectivity index (χ1v) is 9.89. The number of anilines is 1. The fraction of sp³-hybridized carbons (Fsp3) is 0.105. The number of nitrogens with zero attached hydrogens (tertiary/aromatic N) is 1. The van der Waals surface area contributed by atoms with Crippen molar-refractivity contribution >= 4 is 61.0 Å². The molecule has 0 aliphatic heterocycles. The van der Waals surface area contributed by atoms with Gasteiger partial charge in [0.2, 0.25) is 0 Å². The van der Waals surface area contributed by atoms with Crippen molar-refractivity contribution in [2.24, 2.45) is 0 Å². The van der Waals surface area contributed by atoms with Crippen LogP contribution in [-0.2, 0) is 4.74 Å². The quantitative estimate of drug-likeness (QED) is 0.429. The van der Waals surface area contributed by atoms with Gasteiger partial charge in [-0.3, -0.25) is 4.79 Å². The SMILES string of the molecule is COC(=O)c1cc(Br)cc(Br)c1NC(=O)c1c(-c2ccccc2Cl)noc1C. The number of carbonyl (C=O) groups excluding carboxylic acids is 2. The van der Waals surface area contributed by atoms with Crippen molar-refractivity contribution in [3.63, 3.8) is 0 Å². The summed E-state index contributed by atoms with van der Waals surface area (Å²) in [5, 5.41) is 7.17. The minimum atomic E-state index is -0.592. The van der Waals surface area contributed by atoms with Gasteiger partial charge in [-0.25, -0.2) is 4.79 Å². The average Bonchev–Trinajstić information content (AvgIpc) is 3.04. The van der Waals surface area contributed by atoms with Gasteiger partial charge in [-0.05, 0) is 41.1 Å². The zero-order chi connectivity index (χ0) is 20.4. The maximum Gasteiger partial charge on any atom is 0.340 e. The standard InChI is InChI=1S/C19H13Br2ClN2O4/c1-9-15(17(24-28-9)11-5-3-4-6-14(11)22)18(25)23-16-12(19(26)27-2)7-10(20)8-13(16)21/h3-8H,1-2H3,(H,23,25). The topological polar surface area (TPSA) is 81.4 Å². The molecule has 2 aromatic carbocycles. The number of hydrogen-bond donors (Lipinski definition) is 1. The highest BCUT2D eigenvalue weighted by Gasteiger charge is 2.25. The Balaban J connectivity index is 2.06. The van der Waals surface area contributed by atoms with E-state index >= 15 is 0 Å². The summed E-state index contributed by atoms with van der Waals surface area (Å²) in [4.78, 5) is 25.2. The van der Waals surface area contributed by atoms with Crippen molar-refractivity contribution < 1.29 is 18.8 Å². The van der Waals surface area contributed by atoms with Crippen LogP contribution in [0.4, 0.5) is 5.69 Å². The number of amides is 1. The number of carbonyl (C=O) groups is 2. The Kier molecular flexibility index (Phi) is 6.22. The largest absolute Gasteiger partial charge is 0.465 e. The van der Waals surface area contributed by atoms with Gasteiger partial charge in [-0.15, -0.1) is 0 Å². The van der Waals surface area contributed by atoms with Gasteiger partial charge >= 0.3 is 5.97 Å². The van der Waals surface area contributed by atoms with Crippen LogP contribution in [0.2, 0.25) is 5.02 Å². The van der Waals surface area contributed by atoms with Gasteiger partial charge in [-0.2, -0.15) is 0 Å². The Morgan fingerprint density at radius 3 is 2.61 bits per heavy atom. The Morgan fingerprint density at radius 1 is 1.21 bits per heavy atom. The number of hydrogen-bond acceptors (Lipinski definition) is 5. The summed E-state index contributed by atoms with van der Waals surface area (Å²) in [6, 6.07) is 10.3. The van der Waals surface area contributed by atoms with Crippen LogP contribution >= 0.6 is 43.5 Å². The van der Waals surface area contributed by atoms with Gasteiger partial charge in [0, 0.05) is 14.5 Å². The van der Waals surface area contributed by atoms with E-state index < -0.39 is 11.9 Å². The molecule has 0 atom stereocenters. The average molecular weight is 529 g/mol. The van der Waals surface area contributed by atoms with Crippen LogP contribution in [0, 0.1) is 6.92 Å². The molecule has 0 spiro atoms. The molecule has 0 aliphatic rings. The summed E-state index contributed by atoms with van der Waals surface area (Å²) in [5.41, 5.74) is 1.55. The van der Waals surface area contributed by atoms with Gasteiger partial charge in [0.15, 0.2) is 0 Å².